The van der Waals surface area contributed by atoms with Crippen LogP contribution in [0.4, 0.5) is 5.69 Å². The van der Waals surface area contributed by atoms with E-state index in [0.29, 0.717) is 24.5 Å². The first kappa shape index (κ1) is 18.8. The lowest BCUT2D eigenvalue weighted by Crippen LogP contribution is -2.51. The van der Waals surface area contributed by atoms with Gasteiger partial charge in [0.25, 0.3) is 5.91 Å². The molecule has 136 valence electrons. The summed E-state index contributed by atoms with van der Waals surface area (Å²) in [5, 5.41) is 9.00. The minimum atomic E-state index is -1.12. The Morgan fingerprint density at radius 1 is 1.20 bits per heavy atom. The molecule has 2 rings (SSSR count). The number of hydrogen-bond acceptors (Lipinski definition) is 4. The number of aliphatic carboxylic acids is 1. The van der Waals surface area contributed by atoms with Crippen molar-refractivity contribution >= 4 is 23.5 Å². The zero-order valence-electron chi connectivity index (χ0n) is 14.6. The third-order valence-corrected chi connectivity index (χ3v) is 3.96. The van der Waals surface area contributed by atoms with Gasteiger partial charge < -0.3 is 14.7 Å². The van der Waals surface area contributed by atoms with E-state index in [9.17, 15) is 14.4 Å². The average Bonchev–Trinajstić information content (AvgIpc) is 2.57. The van der Waals surface area contributed by atoms with Crippen molar-refractivity contribution in [3.8, 4) is 5.75 Å². The van der Waals surface area contributed by atoms with E-state index < -0.39 is 24.4 Å². The number of carbonyl (C=O) groups is 3. The number of para-hydroxylation sites is 2. The highest BCUT2D eigenvalue weighted by atomic mass is 16.5. The summed E-state index contributed by atoms with van der Waals surface area (Å²) in [7, 11) is 0. The predicted molar refractivity (Wildman–Crippen MR) is 92.6 cm³/mol. The van der Waals surface area contributed by atoms with Gasteiger partial charge in [0.2, 0.25) is 5.91 Å². The summed E-state index contributed by atoms with van der Waals surface area (Å²) < 4.78 is 5.53. The summed E-state index contributed by atoms with van der Waals surface area (Å²) in [4.78, 5) is 39.4. The van der Waals surface area contributed by atoms with Crippen LogP contribution >= 0.6 is 0 Å². The minimum Gasteiger partial charge on any atom is -0.481 e. The molecule has 1 aliphatic rings. The molecule has 2 amide bonds. The van der Waals surface area contributed by atoms with Crippen LogP contribution in [0, 0.1) is 0 Å². The molecule has 7 nitrogen and oxygen atoms in total. The van der Waals surface area contributed by atoms with Crippen LogP contribution in [0.5, 0.6) is 5.75 Å². The Kier molecular flexibility index (Phi) is 6.38. The maximum absolute atomic E-state index is 12.7. The van der Waals surface area contributed by atoms with E-state index in [0.717, 1.165) is 12.8 Å². The molecule has 1 atom stereocenters. The molecule has 1 N–H and O–H groups in total. The fraction of sp³-hybridized carbons (Fsp3) is 0.500. The quantitative estimate of drug-likeness (QED) is 0.775. The Morgan fingerprint density at radius 3 is 2.44 bits per heavy atom. The van der Waals surface area contributed by atoms with Crippen molar-refractivity contribution < 1.29 is 24.2 Å². The molecule has 1 unspecified atom stereocenters. The molecular formula is C18H24N2O5. The highest BCUT2D eigenvalue weighted by molar-refractivity contribution is 6.04. The second kappa shape index (κ2) is 8.50. The van der Waals surface area contributed by atoms with Crippen molar-refractivity contribution in [3.05, 3.63) is 24.3 Å². The molecule has 1 aliphatic heterocycles. The van der Waals surface area contributed by atoms with E-state index in [-0.39, 0.29) is 12.5 Å². The molecule has 0 saturated heterocycles. The lowest BCUT2D eigenvalue weighted by atomic mass is 10.1. The third kappa shape index (κ3) is 4.49. The number of carboxylic acids is 1. The van der Waals surface area contributed by atoms with Crippen molar-refractivity contribution in [2.75, 3.05) is 24.5 Å². The molecule has 1 heterocycles. The molecule has 0 spiro atoms. The number of anilines is 1. The monoisotopic (exact) mass is 348 g/mol. The van der Waals surface area contributed by atoms with E-state index >= 15 is 0 Å². The van der Waals surface area contributed by atoms with Gasteiger partial charge in [-0.3, -0.25) is 19.3 Å². The topological polar surface area (TPSA) is 87.2 Å². The van der Waals surface area contributed by atoms with Gasteiger partial charge in [0, 0.05) is 13.1 Å². The zero-order chi connectivity index (χ0) is 18.4. The highest BCUT2D eigenvalue weighted by Crippen LogP contribution is 2.34. The SMILES string of the molecule is CCCN(CCC)C(=O)CN1C(=O)C(CC(=O)O)Oc2ccccc21. The number of ether oxygens (including phenoxy) is 1. The molecule has 1 aromatic carbocycles. The Labute approximate surface area is 147 Å². The van der Waals surface area contributed by atoms with Crippen LogP contribution in [-0.4, -0.2) is 53.5 Å². The molecule has 0 aromatic heterocycles. The van der Waals surface area contributed by atoms with Gasteiger partial charge in [-0.05, 0) is 25.0 Å². The van der Waals surface area contributed by atoms with Crippen molar-refractivity contribution in [2.24, 2.45) is 0 Å². The molecule has 7 heteroatoms. The molecule has 0 aliphatic carbocycles. The van der Waals surface area contributed by atoms with E-state index in [2.05, 4.69) is 0 Å². The maximum atomic E-state index is 12.7. The van der Waals surface area contributed by atoms with Gasteiger partial charge >= 0.3 is 5.97 Å². The molecule has 0 radical (unpaired) electrons. The lowest BCUT2D eigenvalue weighted by molar-refractivity contribution is -0.142. The normalized spacial score (nSPS) is 16.2. The van der Waals surface area contributed by atoms with Crippen LogP contribution in [0.25, 0.3) is 0 Å². The number of rotatable bonds is 8. The molecule has 25 heavy (non-hydrogen) atoms. The number of amides is 2. The smallest absolute Gasteiger partial charge is 0.307 e. The average molecular weight is 348 g/mol. The number of carboxylic acid groups (broad SMARTS) is 1. The third-order valence-electron chi connectivity index (χ3n) is 3.96. The van der Waals surface area contributed by atoms with E-state index in [1.165, 1.54) is 4.90 Å². The highest BCUT2D eigenvalue weighted by Gasteiger charge is 2.37. The van der Waals surface area contributed by atoms with Gasteiger partial charge in [-0.1, -0.05) is 26.0 Å². The van der Waals surface area contributed by atoms with Crippen molar-refractivity contribution in [1.29, 1.82) is 0 Å². The van der Waals surface area contributed by atoms with Crippen molar-refractivity contribution in [3.63, 3.8) is 0 Å². The lowest BCUT2D eigenvalue weighted by Gasteiger charge is -2.34. The first-order chi connectivity index (χ1) is 12.0. The van der Waals surface area contributed by atoms with E-state index in [1.54, 1.807) is 29.2 Å². The molecule has 0 fully saturated rings. The Morgan fingerprint density at radius 2 is 1.84 bits per heavy atom. The molecule has 0 bridgehead atoms. The van der Waals surface area contributed by atoms with Gasteiger partial charge in [0.05, 0.1) is 12.1 Å². The van der Waals surface area contributed by atoms with Crippen molar-refractivity contribution in [2.45, 2.75) is 39.2 Å². The summed E-state index contributed by atoms with van der Waals surface area (Å²) in [6.07, 6.45) is 0.110. The zero-order valence-corrected chi connectivity index (χ0v) is 14.6. The second-order valence-corrected chi connectivity index (χ2v) is 5.98. The number of fused-ring (bicyclic) bond motifs is 1. The first-order valence-electron chi connectivity index (χ1n) is 8.54. The fourth-order valence-corrected chi connectivity index (χ4v) is 2.86. The summed E-state index contributed by atoms with van der Waals surface area (Å²) in [6, 6.07) is 6.86. The van der Waals surface area contributed by atoms with E-state index in [1.807, 2.05) is 13.8 Å². The molecule has 1 aromatic rings. The molecular weight excluding hydrogens is 324 g/mol. The van der Waals surface area contributed by atoms with Gasteiger partial charge in [-0.2, -0.15) is 0 Å². The van der Waals surface area contributed by atoms with Crippen LogP contribution in [0.3, 0.4) is 0 Å². The van der Waals surface area contributed by atoms with Gasteiger partial charge in [0.15, 0.2) is 6.10 Å². The number of carbonyl (C=O) groups excluding carboxylic acids is 2. The van der Waals surface area contributed by atoms with Crippen LogP contribution in [0.1, 0.15) is 33.1 Å². The van der Waals surface area contributed by atoms with Gasteiger partial charge in [-0.15, -0.1) is 0 Å². The summed E-state index contributed by atoms with van der Waals surface area (Å²) in [5.41, 5.74) is 0.496. The van der Waals surface area contributed by atoms with Crippen LogP contribution < -0.4 is 9.64 Å². The standard InChI is InChI=1S/C18H24N2O5/c1-3-9-19(10-4-2)16(21)12-20-13-7-5-6-8-14(13)25-15(18(20)24)11-17(22)23/h5-8,15H,3-4,9-12H2,1-2H3,(H,22,23). The fourth-order valence-electron chi connectivity index (χ4n) is 2.86. The number of hydrogen-bond donors (Lipinski definition) is 1. The van der Waals surface area contributed by atoms with Crippen molar-refractivity contribution in [1.82, 2.24) is 4.90 Å². The van der Waals surface area contributed by atoms with Crippen LogP contribution in [0.2, 0.25) is 0 Å². The predicted octanol–water partition coefficient (Wildman–Crippen LogP) is 1.90. The van der Waals surface area contributed by atoms with Gasteiger partial charge in [0.1, 0.15) is 12.3 Å². The maximum Gasteiger partial charge on any atom is 0.307 e. The molecule has 0 saturated carbocycles. The van der Waals surface area contributed by atoms with Gasteiger partial charge in [-0.25, -0.2) is 0 Å². The minimum absolute atomic E-state index is 0.116. The Hall–Kier alpha value is -2.57. The van der Waals surface area contributed by atoms with Crippen LogP contribution in [-0.2, 0) is 14.4 Å². The largest absolute Gasteiger partial charge is 0.481 e. The Balaban J connectivity index is 2.25. The van der Waals surface area contributed by atoms with Crippen LogP contribution in [0.15, 0.2) is 24.3 Å². The summed E-state index contributed by atoms with van der Waals surface area (Å²) >= 11 is 0. The second-order valence-electron chi connectivity index (χ2n) is 5.98. The Bertz CT molecular complexity index is 640. The first-order valence-corrected chi connectivity index (χ1v) is 8.54. The summed E-state index contributed by atoms with van der Waals surface area (Å²) in [6.45, 7) is 5.13. The number of nitrogens with zero attached hydrogens (tertiary/aromatic N) is 2. The summed E-state index contributed by atoms with van der Waals surface area (Å²) in [5.74, 6) is -1.36. The number of benzene rings is 1. The van der Waals surface area contributed by atoms with E-state index in [4.69, 9.17) is 9.84 Å².